The molecular formula is C22H25N3O2. The summed E-state index contributed by atoms with van der Waals surface area (Å²) in [6.45, 7) is 2.61. The van der Waals surface area contributed by atoms with E-state index >= 15 is 0 Å². The zero-order chi connectivity index (χ0) is 18.6. The molecule has 2 heterocycles. The maximum Gasteiger partial charge on any atom is 0.329 e. The number of amides is 3. The van der Waals surface area contributed by atoms with Gasteiger partial charge in [0.2, 0.25) is 0 Å². The summed E-state index contributed by atoms with van der Waals surface area (Å²) >= 11 is 0. The van der Waals surface area contributed by atoms with Crippen molar-refractivity contribution in [3.05, 3.63) is 65.7 Å². The third kappa shape index (κ3) is 3.88. The Labute approximate surface area is 160 Å². The van der Waals surface area contributed by atoms with Gasteiger partial charge in [-0.15, -0.1) is 0 Å². The van der Waals surface area contributed by atoms with Gasteiger partial charge in [-0.05, 0) is 49.5 Å². The largest absolute Gasteiger partial charge is 0.329 e. The number of carbonyl (C=O) groups is 2. The lowest BCUT2D eigenvalue weighted by Crippen LogP contribution is -2.44. The summed E-state index contributed by atoms with van der Waals surface area (Å²) in [5.41, 5.74) is 2.82. The molecule has 1 N–H and O–H groups in total. The lowest BCUT2D eigenvalue weighted by Gasteiger charge is -2.28. The molecule has 3 amide bonds. The van der Waals surface area contributed by atoms with Crippen molar-refractivity contribution in [2.75, 3.05) is 24.5 Å². The number of imide groups is 1. The van der Waals surface area contributed by atoms with Crippen LogP contribution in [0.15, 0.2) is 54.6 Å². The van der Waals surface area contributed by atoms with Gasteiger partial charge < -0.3 is 10.2 Å². The average Bonchev–Trinajstić information content (AvgIpc) is 2.97. The van der Waals surface area contributed by atoms with E-state index in [0.29, 0.717) is 18.7 Å². The molecule has 2 aromatic rings. The fourth-order valence-corrected chi connectivity index (χ4v) is 3.98. The second-order valence-corrected chi connectivity index (χ2v) is 7.33. The van der Waals surface area contributed by atoms with Crippen LogP contribution in [0.5, 0.6) is 0 Å². The number of carbonyl (C=O) groups excluding carboxylic acids is 2. The molecule has 0 radical (unpaired) electrons. The molecule has 2 aromatic carbocycles. The quantitative estimate of drug-likeness (QED) is 0.830. The van der Waals surface area contributed by atoms with Crippen molar-refractivity contribution in [2.45, 2.75) is 31.7 Å². The SMILES string of the molecule is O=C1NC(CN2CCCCC2)C(=O)N1c1ccccc1Cc1ccccc1. The minimum Gasteiger partial charge on any atom is -0.324 e. The first kappa shape index (κ1) is 17.7. The van der Waals surface area contributed by atoms with Crippen LogP contribution >= 0.6 is 0 Å². The Morgan fingerprint density at radius 2 is 1.59 bits per heavy atom. The van der Waals surface area contributed by atoms with E-state index in [4.69, 9.17) is 0 Å². The van der Waals surface area contributed by atoms with Crippen LogP contribution in [-0.4, -0.2) is 42.5 Å². The lowest BCUT2D eigenvalue weighted by molar-refractivity contribution is -0.118. The first-order valence-corrected chi connectivity index (χ1v) is 9.71. The summed E-state index contributed by atoms with van der Waals surface area (Å²) in [6, 6.07) is 17.0. The minimum absolute atomic E-state index is 0.147. The van der Waals surface area contributed by atoms with Crippen LogP contribution in [0.2, 0.25) is 0 Å². The number of para-hydroxylation sites is 1. The second-order valence-electron chi connectivity index (χ2n) is 7.33. The molecule has 1 unspecified atom stereocenters. The van der Waals surface area contributed by atoms with Gasteiger partial charge in [0.25, 0.3) is 5.91 Å². The van der Waals surface area contributed by atoms with Gasteiger partial charge >= 0.3 is 6.03 Å². The monoisotopic (exact) mass is 363 g/mol. The Bertz CT molecular complexity index is 815. The van der Waals surface area contributed by atoms with Gasteiger partial charge in [-0.1, -0.05) is 55.0 Å². The molecule has 5 nitrogen and oxygen atoms in total. The van der Waals surface area contributed by atoms with E-state index in [1.54, 1.807) is 0 Å². The van der Waals surface area contributed by atoms with Gasteiger partial charge in [-0.2, -0.15) is 0 Å². The van der Waals surface area contributed by atoms with E-state index in [0.717, 1.165) is 24.2 Å². The number of rotatable bonds is 5. The standard InChI is InChI=1S/C22H25N3O2/c26-21-19(16-24-13-7-2-8-14-24)23-22(27)25(21)20-12-6-5-11-18(20)15-17-9-3-1-4-10-17/h1,3-6,9-12,19H,2,7-8,13-16H2,(H,23,27). The number of nitrogens with one attached hydrogen (secondary N) is 1. The van der Waals surface area contributed by atoms with E-state index in [-0.39, 0.29) is 11.9 Å². The Morgan fingerprint density at radius 3 is 2.37 bits per heavy atom. The molecule has 0 aliphatic carbocycles. The van der Waals surface area contributed by atoms with Crippen LogP contribution < -0.4 is 10.2 Å². The van der Waals surface area contributed by atoms with E-state index in [2.05, 4.69) is 22.3 Å². The summed E-state index contributed by atoms with van der Waals surface area (Å²) in [6.07, 6.45) is 4.27. The van der Waals surface area contributed by atoms with Crippen molar-refractivity contribution >= 4 is 17.6 Å². The Morgan fingerprint density at radius 1 is 0.889 bits per heavy atom. The average molecular weight is 363 g/mol. The fourth-order valence-electron chi connectivity index (χ4n) is 3.98. The molecule has 0 aromatic heterocycles. The van der Waals surface area contributed by atoms with Crippen LogP contribution in [0.3, 0.4) is 0 Å². The van der Waals surface area contributed by atoms with E-state index < -0.39 is 6.04 Å². The van der Waals surface area contributed by atoms with Crippen molar-refractivity contribution in [2.24, 2.45) is 0 Å². The van der Waals surface area contributed by atoms with Gasteiger partial charge in [-0.25, -0.2) is 9.69 Å². The van der Waals surface area contributed by atoms with Gasteiger partial charge in [0.1, 0.15) is 6.04 Å². The third-order valence-electron chi connectivity index (χ3n) is 5.38. The van der Waals surface area contributed by atoms with Crippen molar-refractivity contribution in [1.29, 1.82) is 0 Å². The molecule has 0 spiro atoms. The van der Waals surface area contributed by atoms with Gasteiger partial charge in [0.05, 0.1) is 5.69 Å². The van der Waals surface area contributed by atoms with Gasteiger partial charge in [0.15, 0.2) is 0 Å². The zero-order valence-corrected chi connectivity index (χ0v) is 15.4. The van der Waals surface area contributed by atoms with Gasteiger partial charge in [0, 0.05) is 6.54 Å². The first-order chi connectivity index (χ1) is 13.2. The van der Waals surface area contributed by atoms with Gasteiger partial charge in [-0.3, -0.25) is 4.79 Å². The van der Waals surface area contributed by atoms with Crippen LogP contribution in [0, 0.1) is 0 Å². The number of piperidine rings is 1. The molecule has 2 fully saturated rings. The molecule has 1 atom stereocenters. The third-order valence-corrected chi connectivity index (χ3v) is 5.38. The normalized spacial score (nSPS) is 20.7. The van der Waals surface area contributed by atoms with E-state index in [9.17, 15) is 9.59 Å². The summed E-state index contributed by atoms with van der Waals surface area (Å²) in [4.78, 5) is 29.2. The molecule has 27 heavy (non-hydrogen) atoms. The maximum atomic E-state index is 13.0. The number of hydrogen-bond acceptors (Lipinski definition) is 3. The highest BCUT2D eigenvalue weighted by atomic mass is 16.2. The molecule has 2 aliphatic rings. The Hall–Kier alpha value is -2.66. The van der Waals surface area contributed by atoms with Crippen LogP contribution in [0.4, 0.5) is 10.5 Å². The number of urea groups is 1. The van der Waals surface area contributed by atoms with E-state index in [1.807, 2.05) is 42.5 Å². The van der Waals surface area contributed by atoms with Crippen LogP contribution in [0.25, 0.3) is 0 Å². The topological polar surface area (TPSA) is 52.7 Å². The molecule has 0 bridgehead atoms. The summed E-state index contributed by atoms with van der Waals surface area (Å²) < 4.78 is 0. The molecule has 0 saturated carbocycles. The highest BCUT2D eigenvalue weighted by molar-refractivity contribution is 6.21. The first-order valence-electron chi connectivity index (χ1n) is 9.71. The fraction of sp³-hybridized carbons (Fsp3) is 0.364. The highest BCUT2D eigenvalue weighted by Gasteiger charge is 2.40. The summed E-state index contributed by atoms with van der Waals surface area (Å²) in [7, 11) is 0. The molecule has 2 saturated heterocycles. The number of likely N-dealkylation sites (tertiary alicyclic amines) is 1. The Balaban J connectivity index is 1.54. The van der Waals surface area contributed by atoms with Crippen molar-refractivity contribution in [3.8, 4) is 0 Å². The Kier molecular flexibility index (Phi) is 5.21. The van der Waals surface area contributed by atoms with Crippen molar-refractivity contribution in [1.82, 2.24) is 10.2 Å². The molecule has 2 aliphatic heterocycles. The minimum atomic E-state index is -0.458. The molecular weight excluding hydrogens is 338 g/mol. The smallest absolute Gasteiger partial charge is 0.324 e. The maximum absolute atomic E-state index is 13.0. The van der Waals surface area contributed by atoms with Crippen LogP contribution in [0.1, 0.15) is 30.4 Å². The summed E-state index contributed by atoms with van der Waals surface area (Å²) in [5, 5.41) is 2.89. The van der Waals surface area contributed by atoms with Crippen LogP contribution in [-0.2, 0) is 11.2 Å². The second kappa shape index (κ2) is 7.92. The number of benzene rings is 2. The number of nitrogens with zero attached hydrogens (tertiary/aromatic N) is 2. The highest BCUT2D eigenvalue weighted by Crippen LogP contribution is 2.27. The van der Waals surface area contributed by atoms with Crippen molar-refractivity contribution in [3.63, 3.8) is 0 Å². The predicted molar refractivity (Wildman–Crippen MR) is 106 cm³/mol. The predicted octanol–water partition coefficient (Wildman–Crippen LogP) is 3.19. The lowest BCUT2D eigenvalue weighted by atomic mass is 10.0. The number of hydrogen-bond donors (Lipinski definition) is 1. The van der Waals surface area contributed by atoms with Crippen molar-refractivity contribution < 1.29 is 9.59 Å². The molecule has 4 rings (SSSR count). The summed E-state index contributed by atoms with van der Waals surface area (Å²) in [5.74, 6) is -0.147. The molecule has 5 heteroatoms. The van der Waals surface area contributed by atoms with E-state index in [1.165, 1.54) is 24.2 Å². The molecule has 140 valence electrons. The zero-order valence-electron chi connectivity index (χ0n) is 15.4. The number of anilines is 1.